The summed E-state index contributed by atoms with van der Waals surface area (Å²) in [6, 6.07) is 3.82. The summed E-state index contributed by atoms with van der Waals surface area (Å²) in [7, 11) is 1.49. The fraction of sp³-hybridized carbons (Fsp3) is 0.235. The number of aromatic nitrogens is 1. The van der Waals surface area contributed by atoms with Gasteiger partial charge in [0.25, 0.3) is 0 Å². The Morgan fingerprint density at radius 2 is 1.92 bits per heavy atom. The van der Waals surface area contributed by atoms with Crippen molar-refractivity contribution in [2.24, 2.45) is 0 Å². The van der Waals surface area contributed by atoms with E-state index in [1.807, 2.05) is 0 Å². The summed E-state index contributed by atoms with van der Waals surface area (Å²) in [5.41, 5.74) is -0.833. The van der Waals surface area contributed by atoms with Crippen LogP contribution in [0.3, 0.4) is 0 Å². The van der Waals surface area contributed by atoms with Crippen molar-refractivity contribution < 1.29 is 33.7 Å². The monoisotopic (exact) mass is 349 g/mol. The van der Waals surface area contributed by atoms with Crippen LogP contribution in [-0.2, 0) is 4.74 Å². The van der Waals surface area contributed by atoms with Gasteiger partial charge in [0, 0.05) is 18.2 Å². The van der Waals surface area contributed by atoms with Crippen molar-refractivity contribution in [3.05, 3.63) is 47.0 Å². The normalized spacial score (nSPS) is 10.5. The Bertz CT molecular complexity index is 821. The van der Waals surface area contributed by atoms with E-state index in [-0.39, 0.29) is 41.2 Å². The van der Waals surface area contributed by atoms with E-state index in [1.165, 1.54) is 32.2 Å². The molecule has 2 N–H and O–H groups in total. The van der Waals surface area contributed by atoms with E-state index in [4.69, 9.17) is 9.47 Å². The number of carbonyl (C=O) groups is 2. The van der Waals surface area contributed by atoms with Crippen molar-refractivity contribution in [2.75, 3.05) is 20.3 Å². The fourth-order valence-corrected chi connectivity index (χ4v) is 2.37. The Morgan fingerprint density at radius 3 is 2.52 bits per heavy atom. The third kappa shape index (κ3) is 3.92. The smallest absolute Gasteiger partial charge is 0.336 e. The molecule has 0 amide bonds. The molecule has 2 rings (SSSR count). The highest BCUT2D eigenvalue weighted by atomic mass is 19.1. The van der Waals surface area contributed by atoms with Crippen molar-refractivity contribution in [3.63, 3.8) is 0 Å². The number of nitrogens with zero attached hydrogens (tertiary/aromatic N) is 1. The summed E-state index contributed by atoms with van der Waals surface area (Å²) in [5, 5.41) is 18.8. The molecule has 0 radical (unpaired) electrons. The molecule has 132 valence electrons. The lowest BCUT2D eigenvalue weighted by Gasteiger charge is -2.14. The minimum atomic E-state index is -1.37. The van der Waals surface area contributed by atoms with E-state index in [0.29, 0.717) is 5.56 Å². The van der Waals surface area contributed by atoms with Gasteiger partial charge in [0.05, 0.1) is 23.9 Å². The van der Waals surface area contributed by atoms with E-state index in [1.54, 1.807) is 0 Å². The molecule has 25 heavy (non-hydrogen) atoms. The molecule has 0 aliphatic carbocycles. The molecule has 0 atom stereocenters. The van der Waals surface area contributed by atoms with Gasteiger partial charge in [0.15, 0.2) is 0 Å². The summed E-state index contributed by atoms with van der Waals surface area (Å²) >= 11 is 0. The molecule has 1 heterocycles. The molecule has 0 bridgehead atoms. The van der Waals surface area contributed by atoms with Crippen LogP contribution in [0, 0.1) is 12.9 Å². The lowest BCUT2D eigenvalue weighted by atomic mass is 9.91. The van der Waals surface area contributed by atoms with Gasteiger partial charge in [-0.05, 0) is 24.6 Å². The maximum absolute atomic E-state index is 14.3. The number of aryl methyl sites for hydroxylation is 1. The fourth-order valence-electron chi connectivity index (χ4n) is 2.37. The number of pyridine rings is 1. The van der Waals surface area contributed by atoms with E-state index >= 15 is 0 Å². The van der Waals surface area contributed by atoms with Crippen molar-refractivity contribution >= 4 is 11.9 Å². The number of aromatic carboxylic acids is 2. The van der Waals surface area contributed by atoms with Gasteiger partial charge in [0.1, 0.15) is 12.4 Å². The van der Waals surface area contributed by atoms with E-state index in [2.05, 4.69) is 4.98 Å². The first-order valence-corrected chi connectivity index (χ1v) is 7.24. The third-order valence-corrected chi connectivity index (χ3v) is 3.50. The highest BCUT2D eigenvalue weighted by Gasteiger charge is 2.25. The molecular weight excluding hydrogens is 333 g/mol. The van der Waals surface area contributed by atoms with Gasteiger partial charge in [-0.3, -0.25) is 0 Å². The van der Waals surface area contributed by atoms with Crippen molar-refractivity contribution in [1.82, 2.24) is 4.98 Å². The molecule has 0 spiro atoms. The number of benzene rings is 1. The number of hydrogen-bond donors (Lipinski definition) is 2. The number of carboxylic acid groups (broad SMARTS) is 2. The van der Waals surface area contributed by atoms with Crippen molar-refractivity contribution in [1.29, 1.82) is 0 Å². The summed E-state index contributed by atoms with van der Waals surface area (Å²) in [5.74, 6) is -3.55. The largest absolute Gasteiger partial charge is 0.490 e. The molecule has 2 aromatic rings. The van der Waals surface area contributed by atoms with E-state index in [9.17, 15) is 24.2 Å². The van der Waals surface area contributed by atoms with Gasteiger partial charge in [0.2, 0.25) is 5.95 Å². The molecule has 0 unspecified atom stereocenters. The van der Waals surface area contributed by atoms with E-state index in [0.717, 1.165) is 6.20 Å². The number of carboxylic acids is 2. The molecule has 1 aromatic carbocycles. The molecule has 0 fully saturated rings. The van der Waals surface area contributed by atoms with Crippen LogP contribution in [-0.4, -0.2) is 47.5 Å². The second-order valence-electron chi connectivity index (χ2n) is 5.14. The predicted octanol–water partition coefficient (Wildman–Crippen LogP) is 2.62. The summed E-state index contributed by atoms with van der Waals surface area (Å²) in [4.78, 5) is 26.7. The number of hydrogen-bond acceptors (Lipinski definition) is 5. The minimum absolute atomic E-state index is 0.169. The first-order chi connectivity index (χ1) is 11.9. The Hall–Kier alpha value is -3.00. The maximum Gasteiger partial charge on any atom is 0.336 e. The average Bonchev–Trinajstić information content (AvgIpc) is 2.55. The van der Waals surface area contributed by atoms with Crippen LogP contribution in [0.2, 0.25) is 0 Å². The zero-order valence-corrected chi connectivity index (χ0v) is 13.6. The second-order valence-corrected chi connectivity index (χ2v) is 5.14. The lowest BCUT2D eigenvalue weighted by molar-refractivity contribution is 0.0695. The highest BCUT2D eigenvalue weighted by molar-refractivity contribution is 6.05. The van der Waals surface area contributed by atoms with Crippen LogP contribution in [0.1, 0.15) is 26.3 Å². The summed E-state index contributed by atoms with van der Waals surface area (Å²) in [6.07, 6.45) is 1.13. The number of ether oxygens (including phenoxy) is 2. The van der Waals surface area contributed by atoms with Crippen LogP contribution < -0.4 is 4.74 Å². The molecule has 7 nitrogen and oxygen atoms in total. The molecular formula is C17H16FNO6. The molecule has 1 aromatic heterocycles. The molecule has 0 saturated heterocycles. The molecule has 8 heteroatoms. The lowest BCUT2D eigenvalue weighted by Crippen LogP contribution is -2.11. The quantitative estimate of drug-likeness (QED) is 0.584. The zero-order valence-electron chi connectivity index (χ0n) is 13.6. The van der Waals surface area contributed by atoms with Crippen LogP contribution in [0.15, 0.2) is 24.4 Å². The van der Waals surface area contributed by atoms with Crippen LogP contribution >= 0.6 is 0 Å². The topological polar surface area (TPSA) is 106 Å². The molecule has 0 aliphatic heterocycles. The van der Waals surface area contributed by atoms with Crippen LogP contribution in [0.4, 0.5) is 4.39 Å². The SMILES string of the molecule is COCCOc1cnc(F)c(-c2c(C(=O)O)ccc(C)c2C(=O)O)c1. The number of halogens is 1. The van der Waals surface area contributed by atoms with E-state index < -0.39 is 17.9 Å². The first-order valence-electron chi connectivity index (χ1n) is 7.24. The summed E-state index contributed by atoms with van der Waals surface area (Å²) < 4.78 is 24.5. The second kappa shape index (κ2) is 7.71. The van der Waals surface area contributed by atoms with Crippen molar-refractivity contribution in [3.8, 4) is 16.9 Å². The van der Waals surface area contributed by atoms with Crippen LogP contribution in [0.5, 0.6) is 5.75 Å². The Labute approximate surface area is 142 Å². The highest BCUT2D eigenvalue weighted by Crippen LogP contribution is 2.33. The van der Waals surface area contributed by atoms with Crippen molar-refractivity contribution in [2.45, 2.75) is 6.92 Å². The van der Waals surface area contributed by atoms with Gasteiger partial charge < -0.3 is 19.7 Å². The van der Waals surface area contributed by atoms with Gasteiger partial charge in [-0.1, -0.05) is 6.07 Å². The maximum atomic E-state index is 14.3. The Morgan fingerprint density at radius 1 is 1.20 bits per heavy atom. The summed E-state index contributed by atoms with van der Waals surface area (Å²) in [6.45, 7) is 1.97. The number of methoxy groups -OCH3 is 1. The Kier molecular flexibility index (Phi) is 5.66. The third-order valence-electron chi connectivity index (χ3n) is 3.50. The van der Waals surface area contributed by atoms with Gasteiger partial charge in [-0.15, -0.1) is 0 Å². The van der Waals surface area contributed by atoms with Gasteiger partial charge >= 0.3 is 11.9 Å². The molecule has 0 aliphatic rings. The standard InChI is InChI=1S/C17H16FNO6/c1-9-3-4-11(16(20)21)14(13(9)17(22)23)12-7-10(8-19-15(12)18)25-6-5-24-2/h3-4,7-8H,5-6H2,1-2H3,(H,20,21)(H,22,23). The zero-order chi connectivity index (χ0) is 18.6. The Balaban J connectivity index is 2.68. The molecule has 0 saturated carbocycles. The number of rotatable bonds is 7. The first kappa shape index (κ1) is 18.3. The predicted molar refractivity (Wildman–Crippen MR) is 85.7 cm³/mol. The van der Waals surface area contributed by atoms with Gasteiger partial charge in [-0.2, -0.15) is 4.39 Å². The van der Waals surface area contributed by atoms with Crippen LogP contribution in [0.25, 0.3) is 11.1 Å². The minimum Gasteiger partial charge on any atom is -0.490 e. The van der Waals surface area contributed by atoms with Gasteiger partial charge in [-0.25, -0.2) is 14.6 Å². The average molecular weight is 349 g/mol.